The summed E-state index contributed by atoms with van der Waals surface area (Å²) in [5.74, 6) is -4.30. The number of carbonyl (C=O) groups excluding carboxylic acids is 3. The zero-order valence-corrected chi connectivity index (χ0v) is 14.9. The molecule has 0 saturated heterocycles. The highest BCUT2D eigenvalue weighted by molar-refractivity contribution is 5.87. The second-order valence-electron chi connectivity index (χ2n) is 5.52. The van der Waals surface area contributed by atoms with Crippen molar-refractivity contribution >= 4 is 23.8 Å². The first-order valence-corrected chi connectivity index (χ1v) is 8.36. The summed E-state index contributed by atoms with van der Waals surface area (Å²) in [6, 6.07) is 0. The van der Waals surface area contributed by atoms with Gasteiger partial charge in [-0.2, -0.15) is 0 Å². The third-order valence-electron chi connectivity index (χ3n) is 3.10. The third-order valence-corrected chi connectivity index (χ3v) is 3.10. The van der Waals surface area contributed by atoms with Gasteiger partial charge >= 0.3 is 17.9 Å². The van der Waals surface area contributed by atoms with Gasteiger partial charge in [0, 0.05) is 19.3 Å². The minimum absolute atomic E-state index is 0.0265. The standard InChI is InChI=1S/C16H25F2NO7/c1-3-5-11(17)25-15(23)9-19(13(20)7-8-14(21)22)10-16(24)26-12(18)6-4-2/h11-12H,3-10H2,1-2H3,(H,21,22). The second-order valence-corrected chi connectivity index (χ2v) is 5.52. The van der Waals surface area contributed by atoms with Crippen molar-refractivity contribution in [2.24, 2.45) is 0 Å². The van der Waals surface area contributed by atoms with Gasteiger partial charge < -0.3 is 19.5 Å². The molecule has 0 aromatic carbocycles. The molecule has 26 heavy (non-hydrogen) atoms. The van der Waals surface area contributed by atoms with Crippen LogP contribution in [0.5, 0.6) is 0 Å². The lowest BCUT2D eigenvalue weighted by molar-refractivity contribution is -0.166. The predicted octanol–water partition coefficient (Wildman–Crippen LogP) is 1.96. The number of hydrogen-bond donors (Lipinski definition) is 1. The Morgan fingerprint density at radius 2 is 1.31 bits per heavy atom. The van der Waals surface area contributed by atoms with Crippen LogP contribution in [0.2, 0.25) is 0 Å². The van der Waals surface area contributed by atoms with Crippen molar-refractivity contribution in [2.45, 2.75) is 65.1 Å². The zero-order valence-electron chi connectivity index (χ0n) is 14.9. The van der Waals surface area contributed by atoms with E-state index in [1.165, 1.54) is 0 Å². The number of hydrogen-bond acceptors (Lipinski definition) is 6. The lowest BCUT2D eigenvalue weighted by atomic mass is 10.2. The van der Waals surface area contributed by atoms with Gasteiger partial charge in [0.05, 0.1) is 6.42 Å². The SMILES string of the molecule is CCCC(F)OC(=O)CN(CC(=O)OC(F)CCC)C(=O)CCC(=O)O. The number of rotatable bonds is 13. The van der Waals surface area contributed by atoms with E-state index in [0.29, 0.717) is 17.7 Å². The van der Waals surface area contributed by atoms with Crippen LogP contribution in [0.4, 0.5) is 8.78 Å². The summed E-state index contributed by atoms with van der Waals surface area (Å²) in [5.41, 5.74) is 0. The number of nitrogens with zero attached hydrogens (tertiary/aromatic N) is 1. The minimum atomic E-state index is -1.85. The van der Waals surface area contributed by atoms with E-state index in [-0.39, 0.29) is 12.8 Å². The number of halogens is 2. The maximum absolute atomic E-state index is 13.3. The Morgan fingerprint density at radius 3 is 1.65 bits per heavy atom. The lowest BCUT2D eigenvalue weighted by Gasteiger charge is -2.21. The van der Waals surface area contributed by atoms with Crippen LogP contribution < -0.4 is 0 Å². The highest BCUT2D eigenvalue weighted by Crippen LogP contribution is 2.08. The largest absolute Gasteiger partial charge is 0.481 e. The predicted molar refractivity (Wildman–Crippen MR) is 85.2 cm³/mol. The Morgan fingerprint density at radius 1 is 0.885 bits per heavy atom. The maximum atomic E-state index is 13.3. The Labute approximate surface area is 150 Å². The van der Waals surface area contributed by atoms with Crippen LogP contribution in [0.3, 0.4) is 0 Å². The molecule has 0 spiro atoms. The summed E-state index contributed by atoms with van der Waals surface area (Å²) in [7, 11) is 0. The Hall–Kier alpha value is -2.26. The molecule has 0 rings (SSSR count). The van der Waals surface area contributed by atoms with Crippen molar-refractivity contribution < 1.29 is 42.5 Å². The Bertz CT molecular complexity index is 459. The van der Waals surface area contributed by atoms with E-state index < -0.39 is 62.5 Å². The molecule has 150 valence electrons. The number of carboxylic acid groups (broad SMARTS) is 1. The summed E-state index contributed by atoms with van der Waals surface area (Å²) in [6.07, 6.45) is -3.91. The number of aliphatic carboxylic acids is 1. The molecular weight excluding hydrogens is 356 g/mol. The fourth-order valence-corrected chi connectivity index (χ4v) is 1.85. The normalized spacial score (nSPS) is 12.8. The molecule has 0 fully saturated rings. The van der Waals surface area contributed by atoms with Crippen LogP contribution in [-0.2, 0) is 28.7 Å². The fraction of sp³-hybridized carbons (Fsp3) is 0.750. The highest BCUT2D eigenvalue weighted by atomic mass is 19.1. The molecule has 0 aromatic heterocycles. The van der Waals surface area contributed by atoms with Gasteiger partial charge in [-0.15, -0.1) is 0 Å². The van der Waals surface area contributed by atoms with Gasteiger partial charge in [0.2, 0.25) is 18.6 Å². The second kappa shape index (κ2) is 13.0. The summed E-state index contributed by atoms with van der Waals surface area (Å²) in [6.45, 7) is 1.81. The smallest absolute Gasteiger partial charge is 0.328 e. The van der Waals surface area contributed by atoms with Crippen molar-refractivity contribution in [1.82, 2.24) is 4.90 Å². The molecule has 0 heterocycles. The van der Waals surface area contributed by atoms with E-state index in [4.69, 9.17) is 5.11 Å². The number of alkyl halides is 2. The van der Waals surface area contributed by atoms with E-state index >= 15 is 0 Å². The van der Waals surface area contributed by atoms with Crippen LogP contribution in [0.1, 0.15) is 52.4 Å². The fourth-order valence-electron chi connectivity index (χ4n) is 1.85. The van der Waals surface area contributed by atoms with Gasteiger partial charge in [-0.25, -0.2) is 8.78 Å². The first-order chi connectivity index (χ1) is 12.2. The van der Waals surface area contributed by atoms with E-state index in [0.717, 1.165) is 0 Å². The molecule has 1 N–H and O–H groups in total. The molecular formula is C16H25F2NO7. The van der Waals surface area contributed by atoms with Crippen molar-refractivity contribution in [1.29, 1.82) is 0 Å². The number of ether oxygens (including phenoxy) is 2. The summed E-state index contributed by atoms with van der Waals surface area (Å²) in [5, 5.41) is 8.61. The Balaban J connectivity index is 4.82. The first-order valence-electron chi connectivity index (χ1n) is 8.36. The van der Waals surface area contributed by atoms with Gasteiger partial charge in [0.15, 0.2) is 0 Å². The van der Waals surface area contributed by atoms with Crippen molar-refractivity contribution in [3.63, 3.8) is 0 Å². The summed E-state index contributed by atoms with van der Waals surface area (Å²) >= 11 is 0. The molecule has 0 aliphatic heterocycles. The van der Waals surface area contributed by atoms with Crippen LogP contribution in [-0.4, -0.2) is 59.6 Å². The van der Waals surface area contributed by atoms with Gasteiger partial charge in [-0.1, -0.05) is 13.8 Å². The van der Waals surface area contributed by atoms with Gasteiger partial charge in [-0.3, -0.25) is 19.2 Å². The van der Waals surface area contributed by atoms with E-state index in [9.17, 15) is 28.0 Å². The summed E-state index contributed by atoms with van der Waals surface area (Å²) in [4.78, 5) is 46.6. The van der Waals surface area contributed by atoms with Crippen LogP contribution >= 0.6 is 0 Å². The van der Waals surface area contributed by atoms with Crippen molar-refractivity contribution in [3.8, 4) is 0 Å². The molecule has 0 radical (unpaired) electrons. The van der Waals surface area contributed by atoms with Gasteiger partial charge in [0.25, 0.3) is 0 Å². The molecule has 2 unspecified atom stereocenters. The first kappa shape index (κ1) is 23.7. The van der Waals surface area contributed by atoms with Crippen LogP contribution in [0, 0.1) is 0 Å². The van der Waals surface area contributed by atoms with E-state index in [1.54, 1.807) is 13.8 Å². The number of amides is 1. The molecule has 2 atom stereocenters. The third kappa shape index (κ3) is 11.3. The number of carboxylic acids is 1. The van der Waals surface area contributed by atoms with E-state index in [1.807, 2.05) is 0 Å². The van der Waals surface area contributed by atoms with Crippen LogP contribution in [0.25, 0.3) is 0 Å². The quantitative estimate of drug-likeness (QED) is 0.486. The number of carbonyl (C=O) groups is 4. The molecule has 10 heteroatoms. The van der Waals surface area contributed by atoms with Crippen LogP contribution in [0.15, 0.2) is 0 Å². The number of esters is 2. The van der Waals surface area contributed by atoms with Gasteiger partial charge in [0.1, 0.15) is 13.1 Å². The summed E-state index contributed by atoms with van der Waals surface area (Å²) < 4.78 is 35.5. The van der Waals surface area contributed by atoms with E-state index in [2.05, 4.69) is 9.47 Å². The molecule has 0 bridgehead atoms. The molecule has 0 aromatic rings. The van der Waals surface area contributed by atoms with Crippen molar-refractivity contribution in [3.05, 3.63) is 0 Å². The zero-order chi connectivity index (χ0) is 20.1. The lowest BCUT2D eigenvalue weighted by Crippen LogP contribution is -2.41. The van der Waals surface area contributed by atoms with Gasteiger partial charge in [-0.05, 0) is 12.8 Å². The molecule has 0 aliphatic rings. The molecule has 0 saturated carbocycles. The highest BCUT2D eigenvalue weighted by Gasteiger charge is 2.25. The minimum Gasteiger partial charge on any atom is -0.481 e. The maximum Gasteiger partial charge on any atom is 0.328 e. The van der Waals surface area contributed by atoms with Crippen molar-refractivity contribution in [2.75, 3.05) is 13.1 Å². The molecule has 8 nitrogen and oxygen atoms in total. The average molecular weight is 381 g/mol. The monoisotopic (exact) mass is 381 g/mol. The average Bonchev–Trinajstić information content (AvgIpc) is 2.51. The topological polar surface area (TPSA) is 110 Å². The molecule has 1 amide bonds. The molecule has 0 aliphatic carbocycles. The Kier molecular flexibility index (Phi) is 11.9.